The summed E-state index contributed by atoms with van der Waals surface area (Å²) in [6.07, 6.45) is 3.58. The molecule has 4 rings (SSSR count). The number of allylic oxidation sites excluding steroid dienone is 1. The summed E-state index contributed by atoms with van der Waals surface area (Å²) in [6.45, 7) is 1.08. The summed E-state index contributed by atoms with van der Waals surface area (Å²) in [5.41, 5.74) is 1.89. The van der Waals surface area contributed by atoms with E-state index in [-0.39, 0.29) is 35.8 Å². The minimum atomic E-state index is -0.488. The molecule has 1 unspecified atom stereocenters. The molecular formula is C20H19Cl2N5O3. The smallest absolute Gasteiger partial charge is 0.255 e. The highest BCUT2D eigenvalue weighted by Crippen LogP contribution is 2.28. The summed E-state index contributed by atoms with van der Waals surface area (Å²) in [6, 6.07) is 5.33. The van der Waals surface area contributed by atoms with Crippen molar-refractivity contribution in [1.29, 1.82) is 0 Å². The number of H-pyrrole nitrogens is 1. The molecular weight excluding hydrogens is 429 g/mol. The molecule has 2 aliphatic rings. The number of imidazole rings is 1. The topological polar surface area (TPSA) is 107 Å². The zero-order valence-electron chi connectivity index (χ0n) is 15.9. The largest absolute Gasteiger partial charge is 0.353 e. The fourth-order valence-electron chi connectivity index (χ4n) is 3.45. The molecule has 0 radical (unpaired) electrons. The molecule has 3 amide bonds. The van der Waals surface area contributed by atoms with Gasteiger partial charge in [-0.15, -0.1) is 0 Å². The van der Waals surface area contributed by atoms with Gasteiger partial charge in [-0.25, -0.2) is 4.98 Å². The summed E-state index contributed by atoms with van der Waals surface area (Å²) in [4.78, 5) is 45.7. The van der Waals surface area contributed by atoms with Gasteiger partial charge in [-0.1, -0.05) is 35.4 Å². The Morgan fingerprint density at radius 1 is 1.30 bits per heavy atom. The van der Waals surface area contributed by atoms with Crippen molar-refractivity contribution in [3.05, 3.63) is 51.8 Å². The summed E-state index contributed by atoms with van der Waals surface area (Å²) in [7, 11) is 0. The Kier molecular flexibility index (Phi) is 5.78. The molecule has 1 fully saturated rings. The van der Waals surface area contributed by atoms with Crippen LogP contribution in [-0.2, 0) is 20.9 Å². The molecule has 0 spiro atoms. The fourth-order valence-corrected chi connectivity index (χ4v) is 3.93. The zero-order valence-corrected chi connectivity index (χ0v) is 17.4. The van der Waals surface area contributed by atoms with Crippen LogP contribution in [0.5, 0.6) is 0 Å². The normalized spacial score (nSPS) is 19.2. The predicted octanol–water partition coefficient (Wildman–Crippen LogP) is 1.86. The number of fused-ring (bicyclic) bond motifs is 1. The summed E-state index contributed by atoms with van der Waals surface area (Å²) < 4.78 is 0. The highest BCUT2D eigenvalue weighted by Gasteiger charge is 2.29. The van der Waals surface area contributed by atoms with Crippen molar-refractivity contribution < 1.29 is 14.4 Å². The van der Waals surface area contributed by atoms with Crippen LogP contribution >= 0.6 is 23.2 Å². The molecule has 3 N–H and O–H groups in total. The van der Waals surface area contributed by atoms with E-state index in [4.69, 9.17) is 23.2 Å². The highest BCUT2D eigenvalue weighted by molar-refractivity contribution is 6.35. The van der Waals surface area contributed by atoms with E-state index in [0.717, 1.165) is 11.0 Å². The molecule has 1 aliphatic carbocycles. The molecule has 2 heterocycles. The molecule has 1 aromatic carbocycles. The number of carbonyl (C=O) groups is 3. The van der Waals surface area contributed by atoms with Gasteiger partial charge in [0.1, 0.15) is 5.82 Å². The SMILES string of the molecule is O=C1CN(C(=O)C2=CCC(C(=O)NCc3nc4ccc(Cl)cc4[nH]3)C=C2Cl)CCN1. The Bertz CT molecular complexity index is 1090. The number of hydrogen-bond donors (Lipinski definition) is 3. The second kappa shape index (κ2) is 8.49. The minimum Gasteiger partial charge on any atom is -0.353 e. The minimum absolute atomic E-state index is 0.00691. The molecule has 1 aliphatic heterocycles. The third kappa shape index (κ3) is 4.34. The number of piperazine rings is 1. The van der Waals surface area contributed by atoms with E-state index in [9.17, 15) is 14.4 Å². The van der Waals surface area contributed by atoms with Gasteiger partial charge in [0.15, 0.2) is 0 Å². The summed E-state index contributed by atoms with van der Waals surface area (Å²) in [5.74, 6) is -0.590. The highest BCUT2D eigenvalue weighted by atomic mass is 35.5. The number of carbonyl (C=O) groups excluding carboxylic acids is 3. The Balaban J connectivity index is 1.36. The predicted molar refractivity (Wildman–Crippen MR) is 113 cm³/mol. The molecule has 0 saturated carbocycles. The van der Waals surface area contributed by atoms with Crippen molar-refractivity contribution in [3.8, 4) is 0 Å². The first-order valence-corrected chi connectivity index (χ1v) is 10.2. The standard InChI is InChI=1S/C20H19Cl2N5O3/c21-12-2-4-15-16(8-12)26-17(25-15)9-24-19(29)11-1-3-13(14(22)7-11)20(30)27-6-5-23-18(28)10-27/h2-4,7-8,11H,1,5-6,9-10H2,(H,23,28)(H,24,29)(H,25,26). The lowest BCUT2D eigenvalue weighted by Crippen LogP contribution is -2.50. The van der Waals surface area contributed by atoms with Crippen LogP contribution in [0.4, 0.5) is 0 Å². The number of halogens is 2. The first-order valence-electron chi connectivity index (χ1n) is 9.46. The van der Waals surface area contributed by atoms with Gasteiger partial charge < -0.3 is 20.5 Å². The molecule has 0 bridgehead atoms. The quantitative estimate of drug-likeness (QED) is 0.664. The summed E-state index contributed by atoms with van der Waals surface area (Å²) >= 11 is 12.3. The van der Waals surface area contributed by atoms with E-state index >= 15 is 0 Å². The number of nitrogens with zero attached hydrogens (tertiary/aromatic N) is 2. The number of rotatable bonds is 4. The van der Waals surface area contributed by atoms with Gasteiger partial charge in [-0.05, 0) is 24.6 Å². The summed E-state index contributed by atoms with van der Waals surface area (Å²) in [5, 5.41) is 6.33. The van der Waals surface area contributed by atoms with Crippen LogP contribution in [0.3, 0.4) is 0 Å². The Hall–Kier alpha value is -2.84. The van der Waals surface area contributed by atoms with Crippen molar-refractivity contribution in [2.45, 2.75) is 13.0 Å². The Labute approximate surface area is 182 Å². The van der Waals surface area contributed by atoms with Crippen molar-refractivity contribution >= 4 is 52.0 Å². The van der Waals surface area contributed by atoms with Crippen LogP contribution in [0, 0.1) is 5.92 Å². The maximum absolute atomic E-state index is 12.6. The van der Waals surface area contributed by atoms with Gasteiger partial charge in [0, 0.05) is 23.1 Å². The maximum atomic E-state index is 12.6. The van der Waals surface area contributed by atoms with Crippen molar-refractivity contribution in [3.63, 3.8) is 0 Å². The van der Waals surface area contributed by atoms with E-state index in [2.05, 4.69) is 20.6 Å². The number of amides is 3. The van der Waals surface area contributed by atoms with Crippen LogP contribution in [0.1, 0.15) is 12.2 Å². The van der Waals surface area contributed by atoms with Gasteiger partial charge in [0.05, 0.1) is 35.6 Å². The number of aromatic nitrogens is 2. The van der Waals surface area contributed by atoms with Crippen LogP contribution in [0.15, 0.2) is 41.0 Å². The van der Waals surface area contributed by atoms with E-state index in [1.807, 2.05) is 0 Å². The van der Waals surface area contributed by atoms with Crippen LogP contribution in [0.2, 0.25) is 5.02 Å². The van der Waals surface area contributed by atoms with Gasteiger partial charge in [-0.2, -0.15) is 0 Å². The molecule has 2 aromatic rings. The molecule has 10 heteroatoms. The monoisotopic (exact) mass is 447 g/mol. The first kappa shape index (κ1) is 20.4. The second-order valence-electron chi connectivity index (χ2n) is 7.11. The third-order valence-corrected chi connectivity index (χ3v) is 5.56. The average molecular weight is 448 g/mol. The zero-order chi connectivity index (χ0) is 21.3. The van der Waals surface area contributed by atoms with Crippen molar-refractivity contribution in [1.82, 2.24) is 25.5 Å². The van der Waals surface area contributed by atoms with Crippen LogP contribution in [0.25, 0.3) is 11.0 Å². The maximum Gasteiger partial charge on any atom is 0.255 e. The van der Waals surface area contributed by atoms with E-state index in [1.165, 1.54) is 4.90 Å². The molecule has 8 nitrogen and oxygen atoms in total. The van der Waals surface area contributed by atoms with Gasteiger partial charge in [0.2, 0.25) is 11.8 Å². The molecule has 30 heavy (non-hydrogen) atoms. The van der Waals surface area contributed by atoms with E-state index in [0.29, 0.717) is 35.9 Å². The molecule has 156 valence electrons. The fraction of sp³-hybridized carbons (Fsp3) is 0.300. The number of benzene rings is 1. The molecule has 1 saturated heterocycles. The Morgan fingerprint density at radius 3 is 2.90 bits per heavy atom. The lowest BCUT2D eigenvalue weighted by molar-refractivity contribution is -0.135. The Morgan fingerprint density at radius 2 is 2.13 bits per heavy atom. The molecule has 1 aromatic heterocycles. The third-order valence-electron chi connectivity index (χ3n) is 5.00. The average Bonchev–Trinajstić information content (AvgIpc) is 3.13. The molecule has 1 atom stereocenters. The number of aromatic amines is 1. The first-order chi connectivity index (χ1) is 14.4. The number of nitrogens with one attached hydrogen (secondary N) is 3. The second-order valence-corrected chi connectivity index (χ2v) is 7.96. The van der Waals surface area contributed by atoms with Crippen molar-refractivity contribution in [2.75, 3.05) is 19.6 Å². The van der Waals surface area contributed by atoms with Gasteiger partial charge in [0.25, 0.3) is 5.91 Å². The van der Waals surface area contributed by atoms with E-state index in [1.54, 1.807) is 30.4 Å². The van der Waals surface area contributed by atoms with Gasteiger partial charge in [-0.3, -0.25) is 14.4 Å². The lowest BCUT2D eigenvalue weighted by atomic mass is 9.95. The van der Waals surface area contributed by atoms with Crippen LogP contribution in [-0.4, -0.2) is 52.2 Å². The van der Waals surface area contributed by atoms with Gasteiger partial charge >= 0.3 is 0 Å². The lowest BCUT2D eigenvalue weighted by Gasteiger charge is -2.28. The van der Waals surface area contributed by atoms with E-state index < -0.39 is 5.92 Å². The number of hydrogen-bond acceptors (Lipinski definition) is 4. The van der Waals surface area contributed by atoms with Crippen LogP contribution < -0.4 is 10.6 Å². The van der Waals surface area contributed by atoms with Crippen molar-refractivity contribution in [2.24, 2.45) is 5.92 Å².